The number of nitrogens with zero attached hydrogens (tertiary/aromatic N) is 3. The summed E-state index contributed by atoms with van der Waals surface area (Å²) in [7, 11) is 0. The summed E-state index contributed by atoms with van der Waals surface area (Å²) in [5.41, 5.74) is 5.40. The minimum absolute atomic E-state index is 0.0896. The van der Waals surface area contributed by atoms with Crippen molar-refractivity contribution >= 4 is 17.4 Å². The lowest BCUT2D eigenvalue weighted by atomic mass is 9.72. The van der Waals surface area contributed by atoms with Crippen LogP contribution in [0, 0.1) is 11.3 Å². The summed E-state index contributed by atoms with van der Waals surface area (Å²) in [5.74, 6) is 0. The summed E-state index contributed by atoms with van der Waals surface area (Å²) in [4.78, 5) is 5.50. The highest BCUT2D eigenvalue weighted by Crippen LogP contribution is 2.53. The van der Waals surface area contributed by atoms with E-state index < -0.39 is 6.43 Å². The molecule has 0 amide bonds. The Balaban J connectivity index is 1.40. The molecule has 1 fully saturated rings. The highest BCUT2D eigenvalue weighted by atomic mass is 32.2. The molecule has 34 heavy (non-hydrogen) atoms. The summed E-state index contributed by atoms with van der Waals surface area (Å²) >= 11 is 1.37. The molecule has 0 atom stereocenters. The van der Waals surface area contributed by atoms with Gasteiger partial charge in [-0.15, -0.1) is 11.8 Å². The molecule has 180 valence electrons. The SMILES string of the molecule is C=C1N(CCC)c2ccc(C#N)cc2C12CCN(CCCc1ccc(SC)c(C(F)F)c1)CC2. The van der Waals surface area contributed by atoms with Gasteiger partial charge in [0.25, 0.3) is 6.43 Å². The van der Waals surface area contributed by atoms with Crippen LogP contribution in [0.4, 0.5) is 14.5 Å². The van der Waals surface area contributed by atoms with Gasteiger partial charge in [-0.1, -0.05) is 19.6 Å². The van der Waals surface area contributed by atoms with E-state index >= 15 is 0 Å². The first-order valence-corrected chi connectivity index (χ1v) is 13.3. The van der Waals surface area contributed by atoms with Crippen molar-refractivity contribution < 1.29 is 8.78 Å². The fourth-order valence-electron chi connectivity index (χ4n) is 5.60. The van der Waals surface area contributed by atoms with Crippen molar-refractivity contribution in [2.75, 3.05) is 37.3 Å². The molecule has 2 aliphatic heterocycles. The first kappa shape index (κ1) is 24.8. The lowest BCUT2D eigenvalue weighted by Crippen LogP contribution is -2.44. The number of benzene rings is 2. The summed E-state index contributed by atoms with van der Waals surface area (Å²) in [6.07, 6.45) is 4.19. The Kier molecular flexibility index (Phi) is 7.64. The van der Waals surface area contributed by atoms with Crippen molar-refractivity contribution in [2.24, 2.45) is 0 Å². The highest BCUT2D eigenvalue weighted by Gasteiger charge is 2.47. The second kappa shape index (κ2) is 10.5. The van der Waals surface area contributed by atoms with Crippen molar-refractivity contribution in [1.29, 1.82) is 5.26 Å². The number of allylic oxidation sites excluding steroid dienone is 1. The zero-order valence-electron chi connectivity index (χ0n) is 20.1. The van der Waals surface area contributed by atoms with E-state index in [1.807, 2.05) is 24.5 Å². The summed E-state index contributed by atoms with van der Waals surface area (Å²) in [6, 6.07) is 13.9. The van der Waals surface area contributed by atoms with Gasteiger partial charge in [0.15, 0.2) is 0 Å². The maximum absolute atomic E-state index is 13.4. The summed E-state index contributed by atoms with van der Waals surface area (Å²) in [6.45, 7) is 10.6. The fourth-order valence-corrected chi connectivity index (χ4v) is 6.18. The Morgan fingerprint density at radius 3 is 2.56 bits per heavy atom. The third kappa shape index (κ3) is 4.61. The predicted molar refractivity (Wildman–Crippen MR) is 137 cm³/mol. The number of piperidine rings is 1. The first-order chi connectivity index (χ1) is 16.4. The molecule has 0 radical (unpaired) electrons. The number of thioether (sulfide) groups is 1. The number of rotatable bonds is 8. The van der Waals surface area contributed by atoms with Crippen molar-refractivity contribution in [2.45, 2.75) is 55.8 Å². The van der Waals surface area contributed by atoms with E-state index in [-0.39, 0.29) is 11.0 Å². The Morgan fingerprint density at radius 2 is 1.91 bits per heavy atom. The van der Waals surface area contributed by atoms with Gasteiger partial charge in [0.2, 0.25) is 0 Å². The van der Waals surface area contributed by atoms with Crippen LogP contribution in [0.1, 0.15) is 61.3 Å². The number of hydrogen-bond acceptors (Lipinski definition) is 4. The van der Waals surface area contributed by atoms with Crippen LogP contribution >= 0.6 is 11.8 Å². The van der Waals surface area contributed by atoms with E-state index in [2.05, 4.69) is 41.5 Å². The summed E-state index contributed by atoms with van der Waals surface area (Å²) in [5, 5.41) is 9.46. The average molecular weight is 482 g/mol. The smallest absolute Gasteiger partial charge is 0.264 e. The lowest BCUT2D eigenvalue weighted by Gasteiger charge is -2.41. The van der Waals surface area contributed by atoms with E-state index in [0.29, 0.717) is 10.5 Å². The van der Waals surface area contributed by atoms with Gasteiger partial charge in [-0.2, -0.15) is 5.26 Å². The highest BCUT2D eigenvalue weighted by molar-refractivity contribution is 7.98. The minimum atomic E-state index is -2.43. The van der Waals surface area contributed by atoms with E-state index in [1.54, 1.807) is 6.07 Å². The predicted octanol–water partition coefficient (Wildman–Crippen LogP) is 6.93. The molecule has 3 nitrogen and oxygen atoms in total. The Hall–Kier alpha value is -2.36. The van der Waals surface area contributed by atoms with E-state index in [9.17, 15) is 14.0 Å². The second-order valence-corrected chi connectivity index (χ2v) is 10.2. The summed E-state index contributed by atoms with van der Waals surface area (Å²) < 4.78 is 26.7. The molecule has 0 N–H and O–H groups in total. The van der Waals surface area contributed by atoms with Crippen molar-refractivity contribution in [3.05, 3.63) is 70.9 Å². The molecule has 2 aromatic rings. The standard InChI is InChI=1S/C28H33F2N3S/c1-4-13-33-20(2)28(24-18-22(19-31)7-9-25(24)33)11-15-32(16-12-28)14-5-6-21-8-10-26(34-3)23(17-21)27(29)30/h7-10,17-18,27H,2,4-6,11-16H2,1,3H3. The zero-order chi connectivity index (χ0) is 24.3. The second-order valence-electron chi connectivity index (χ2n) is 9.35. The average Bonchev–Trinajstić information content (AvgIpc) is 3.07. The van der Waals surface area contributed by atoms with Gasteiger partial charge in [0.05, 0.1) is 11.6 Å². The molecule has 0 bridgehead atoms. The van der Waals surface area contributed by atoms with Gasteiger partial charge < -0.3 is 9.80 Å². The van der Waals surface area contributed by atoms with Crippen LogP contribution in [0.5, 0.6) is 0 Å². The van der Waals surface area contributed by atoms with Crippen molar-refractivity contribution in [1.82, 2.24) is 4.90 Å². The minimum Gasteiger partial charge on any atom is -0.345 e. The van der Waals surface area contributed by atoms with Gasteiger partial charge in [0.1, 0.15) is 0 Å². The van der Waals surface area contributed by atoms with Gasteiger partial charge in [0, 0.05) is 33.8 Å². The topological polar surface area (TPSA) is 30.3 Å². The van der Waals surface area contributed by atoms with Crippen LogP contribution in [0.25, 0.3) is 0 Å². The normalized spacial score (nSPS) is 17.4. The molecule has 1 saturated heterocycles. The van der Waals surface area contributed by atoms with Crippen molar-refractivity contribution in [3.63, 3.8) is 0 Å². The van der Waals surface area contributed by atoms with Gasteiger partial charge in [-0.3, -0.25) is 0 Å². The lowest BCUT2D eigenvalue weighted by molar-refractivity contribution is 0.148. The maximum atomic E-state index is 13.4. The number of nitriles is 1. The molecular weight excluding hydrogens is 448 g/mol. The molecule has 0 aliphatic carbocycles. The Morgan fingerprint density at radius 1 is 1.15 bits per heavy atom. The number of anilines is 1. The van der Waals surface area contributed by atoms with Crippen LogP contribution in [0.2, 0.25) is 0 Å². The maximum Gasteiger partial charge on any atom is 0.264 e. The zero-order valence-corrected chi connectivity index (χ0v) is 20.9. The number of alkyl halides is 2. The number of likely N-dealkylation sites (tertiary alicyclic amines) is 1. The van der Waals surface area contributed by atoms with Gasteiger partial charge in [-0.25, -0.2) is 8.78 Å². The molecule has 1 spiro atoms. The molecule has 2 heterocycles. The Labute approximate surface area is 206 Å². The number of aryl methyl sites for hydroxylation is 1. The number of hydrogen-bond donors (Lipinski definition) is 0. The molecule has 4 rings (SSSR count). The largest absolute Gasteiger partial charge is 0.345 e. The molecule has 0 unspecified atom stereocenters. The Bertz CT molecular complexity index is 1080. The van der Waals surface area contributed by atoms with Gasteiger partial charge >= 0.3 is 0 Å². The quantitative estimate of drug-likeness (QED) is 0.383. The molecule has 0 aromatic heterocycles. The fraction of sp³-hybridized carbons (Fsp3) is 0.464. The third-order valence-electron chi connectivity index (χ3n) is 7.44. The van der Waals surface area contributed by atoms with Crippen LogP contribution < -0.4 is 4.90 Å². The van der Waals surface area contributed by atoms with Gasteiger partial charge in [-0.05, 0) is 99.5 Å². The molecule has 6 heteroatoms. The van der Waals surface area contributed by atoms with Crippen LogP contribution in [-0.4, -0.2) is 37.3 Å². The molecule has 2 aliphatic rings. The monoisotopic (exact) mass is 481 g/mol. The molecular formula is C28H33F2N3S. The van der Waals surface area contributed by atoms with Crippen LogP contribution in [0.3, 0.4) is 0 Å². The molecule has 2 aromatic carbocycles. The third-order valence-corrected chi connectivity index (χ3v) is 8.25. The van der Waals surface area contributed by atoms with Crippen molar-refractivity contribution in [3.8, 4) is 6.07 Å². The van der Waals surface area contributed by atoms with E-state index in [1.165, 1.54) is 28.7 Å². The van der Waals surface area contributed by atoms with E-state index in [0.717, 1.165) is 63.8 Å². The number of fused-ring (bicyclic) bond motifs is 2. The van der Waals surface area contributed by atoms with Crippen LogP contribution in [0.15, 0.2) is 53.6 Å². The van der Waals surface area contributed by atoms with E-state index in [4.69, 9.17) is 0 Å². The molecule has 0 saturated carbocycles. The van der Waals surface area contributed by atoms with Crippen LogP contribution in [-0.2, 0) is 11.8 Å². The first-order valence-electron chi connectivity index (χ1n) is 12.1. The number of halogens is 2.